The van der Waals surface area contributed by atoms with Gasteiger partial charge in [-0.05, 0) is 25.1 Å². The van der Waals surface area contributed by atoms with Crippen molar-refractivity contribution >= 4 is 21.6 Å². The zero-order valence-corrected chi connectivity index (χ0v) is 15.5. The fourth-order valence-corrected chi connectivity index (χ4v) is 3.91. The lowest BCUT2D eigenvalue weighted by atomic mass is 10.3. The first-order valence-electron chi connectivity index (χ1n) is 8.39. The molecule has 0 spiro atoms. The predicted octanol–water partition coefficient (Wildman–Crippen LogP) is 0.888. The number of piperazine rings is 1. The first-order chi connectivity index (χ1) is 12.8. The summed E-state index contributed by atoms with van der Waals surface area (Å²) in [5, 5.41) is 15.0. The van der Waals surface area contributed by atoms with Crippen molar-refractivity contribution in [2.45, 2.75) is 6.92 Å². The summed E-state index contributed by atoms with van der Waals surface area (Å²) in [5.74, 6) is -0.232. The molecule has 3 rings (SSSR count). The van der Waals surface area contributed by atoms with Crippen molar-refractivity contribution in [2.75, 3.05) is 31.9 Å². The normalized spacial score (nSPS) is 15.7. The Labute approximate surface area is 156 Å². The molecular formula is C16H19N5O5S. The van der Waals surface area contributed by atoms with Crippen LogP contribution in [0, 0.1) is 10.1 Å². The Hall–Kier alpha value is -2.79. The van der Waals surface area contributed by atoms with E-state index >= 15 is 0 Å². The van der Waals surface area contributed by atoms with Gasteiger partial charge in [-0.1, -0.05) is 0 Å². The Balaban J connectivity index is 1.68. The molecule has 0 N–H and O–H groups in total. The number of hydrogen-bond donors (Lipinski definition) is 0. The van der Waals surface area contributed by atoms with Crippen LogP contribution >= 0.6 is 0 Å². The number of aromatic nitrogens is 2. The Morgan fingerprint density at radius 2 is 1.78 bits per heavy atom. The van der Waals surface area contributed by atoms with Crippen LogP contribution in [0.2, 0.25) is 0 Å². The molecular weight excluding hydrogens is 374 g/mol. The van der Waals surface area contributed by atoms with E-state index in [1.165, 1.54) is 21.1 Å². The third-order valence-electron chi connectivity index (χ3n) is 4.42. The van der Waals surface area contributed by atoms with Crippen LogP contribution in [0.25, 0.3) is 5.69 Å². The maximum Gasteiger partial charge on any atom is 0.274 e. The minimum atomic E-state index is -3.25. The summed E-state index contributed by atoms with van der Waals surface area (Å²) in [6.07, 6.45) is 1.60. The van der Waals surface area contributed by atoms with Gasteiger partial charge in [0.25, 0.3) is 11.6 Å². The Morgan fingerprint density at radius 3 is 2.33 bits per heavy atom. The molecule has 0 atom stereocenters. The topological polar surface area (TPSA) is 119 Å². The zero-order valence-electron chi connectivity index (χ0n) is 14.7. The monoisotopic (exact) mass is 393 g/mol. The van der Waals surface area contributed by atoms with Gasteiger partial charge >= 0.3 is 0 Å². The smallest absolute Gasteiger partial charge is 0.274 e. The summed E-state index contributed by atoms with van der Waals surface area (Å²) in [5.41, 5.74) is 0.806. The third kappa shape index (κ3) is 3.98. The summed E-state index contributed by atoms with van der Waals surface area (Å²) in [7, 11) is -3.25. The van der Waals surface area contributed by atoms with Crippen molar-refractivity contribution in [3.8, 4) is 5.69 Å². The van der Waals surface area contributed by atoms with Gasteiger partial charge < -0.3 is 4.90 Å². The van der Waals surface area contributed by atoms with Gasteiger partial charge in [0.1, 0.15) is 0 Å². The molecule has 1 fully saturated rings. The highest BCUT2D eigenvalue weighted by molar-refractivity contribution is 7.89. The van der Waals surface area contributed by atoms with Crippen LogP contribution in [-0.4, -0.2) is 70.2 Å². The van der Waals surface area contributed by atoms with Crippen LogP contribution in [0.4, 0.5) is 5.69 Å². The molecule has 0 saturated carbocycles. The number of sulfonamides is 1. The molecule has 10 nitrogen and oxygen atoms in total. The van der Waals surface area contributed by atoms with E-state index in [0.717, 1.165) is 0 Å². The number of rotatable bonds is 5. The van der Waals surface area contributed by atoms with Gasteiger partial charge in [0.05, 0.1) is 16.4 Å². The summed E-state index contributed by atoms with van der Waals surface area (Å²) >= 11 is 0. The van der Waals surface area contributed by atoms with Crippen molar-refractivity contribution in [1.29, 1.82) is 0 Å². The van der Waals surface area contributed by atoms with Crippen molar-refractivity contribution in [2.24, 2.45) is 0 Å². The van der Waals surface area contributed by atoms with E-state index < -0.39 is 14.9 Å². The van der Waals surface area contributed by atoms with Crippen LogP contribution in [0.3, 0.4) is 0 Å². The number of nitro groups is 1. The highest BCUT2D eigenvalue weighted by Crippen LogP contribution is 2.16. The fraction of sp³-hybridized carbons (Fsp3) is 0.375. The summed E-state index contributed by atoms with van der Waals surface area (Å²) in [4.78, 5) is 24.4. The number of non-ortho nitro benzene ring substituents is 1. The quantitative estimate of drug-likeness (QED) is 0.550. The molecule has 1 saturated heterocycles. The summed E-state index contributed by atoms with van der Waals surface area (Å²) in [6.45, 7) is 2.75. The van der Waals surface area contributed by atoms with Gasteiger partial charge in [0.15, 0.2) is 5.69 Å². The van der Waals surface area contributed by atoms with Gasteiger partial charge in [0.2, 0.25) is 10.0 Å². The Bertz CT molecular complexity index is 946. The van der Waals surface area contributed by atoms with Crippen LogP contribution < -0.4 is 0 Å². The number of nitrogens with zero attached hydrogens (tertiary/aromatic N) is 5. The molecule has 1 amide bonds. The molecule has 1 aromatic carbocycles. The van der Waals surface area contributed by atoms with E-state index in [0.29, 0.717) is 18.8 Å². The van der Waals surface area contributed by atoms with E-state index in [1.54, 1.807) is 36.2 Å². The molecule has 11 heteroatoms. The number of carbonyl (C=O) groups is 1. The fourth-order valence-electron chi connectivity index (χ4n) is 2.82. The van der Waals surface area contributed by atoms with Crippen LogP contribution in [0.1, 0.15) is 17.4 Å². The summed E-state index contributed by atoms with van der Waals surface area (Å²) < 4.78 is 26.6. The highest BCUT2D eigenvalue weighted by Gasteiger charge is 2.28. The molecule has 0 bridgehead atoms. The van der Waals surface area contributed by atoms with Crippen LogP contribution in [0.5, 0.6) is 0 Å². The largest absolute Gasteiger partial charge is 0.335 e. The average Bonchev–Trinajstić information content (AvgIpc) is 3.17. The highest BCUT2D eigenvalue weighted by atomic mass is 32.2. The number of benzene rings is 1. The SMILES string of the molecule is CCS(=O)(=O)N1CCN(C(=O)c2ccn(-c3ccc([N+](=O)[O-])cc3)n2)CC1. The van der Waals surface area contributed by atoms with Gasteiger partial charge in [-0.2, -0.15) is 9.40 Å². The predicted molar refractivity (Wildman–Crippen MR) is 97.2 cm³/mol. The van der Waals surface area contributed by atoms with E-state index in [-0.39, 0.29) is 36.1 Å². The lowest BCUT2D eigenvalue weighted by molar-refractivity contribution is -0.384. The molecule has 2 heterocycles. The van der Waals surface area contributed by atoms with Crippen molar-refractivity contribution < 1.29 is 18.1 Å². The van der Waals surface area contributed by atoms with E-state index in [1.807, 2.05) is 0 Å². The lowest BCUT2D eigenvalue weighted by Gasteiger charge is -2.33. The number of nitro benzene ring substituents is 1. The second kappa shape index (κ2) is 7.45. The van der Waals surface area contributed by atoms with E-state index in [2.05, 4.69) is 5.10 Å². The van der Waals surface area contributed by atoms with Gasteiger partial charge in [0, 0.05) is 44.5 Å². The van der Waals surface area contributed by atoms with Crippen LogP contribution in [-0.2, 0) is 10.0 Å². The standard InChI is InChI=1S/C16H19N5O5S/c1-2-27(25,26)19-11-9-18(10-12-19)16(22)15-7-8-20(17-15)13-3-5-14(6-4-13)21(23)24/h3-8H,2,9-12H2,1H3. The first-order valence-corrected chi connectivity index (χ1v) is 10.0. The lowest BCUT2D eigenvalue weighted by Crippen LogP contribution is -2.50. The Morgan fingerprint density at radius 1 is 1.15 bits per heavy atom. The zero-order chi connectivity index (χ0) is 19.6. The van der Waals surface area contributed by atoms with Crippen molar-refractivity contribution in [3.63, 3.8) is 0 Å². The van der Waals surface area contributed by atoms with Crippen molar-refractivity contribution in [1.82, 2.24) is 19.0 Å². The molecule has 0 radical (unpaired) electrons. The van der Waals surface area contributed by atoms with Gasteiger partial charge in [-0.15, -0.1) is 0 Å². The summed E-state index contributed by atoms with van der Waals surface area (Å²) in [6, 6.07) is 7.40. The number of amides is 1. The van der Waals surface area contributed by atoms with Crippen molar-refractivity contribution in [3.05, 3.63) is 52.3 Å². The second-order valence-corrected chi connectivity index (χ2v) is 8.27. The maximum atomic E-state index is 12.6. The van der Waals surface area contributed by atoms with Crippen LogP contribution in [0.15, 0.2) is 36.5 Å². The third-order valence-corrected chi connectivity index (χ3v) is 6.30. The second-order valence-electron chi connectivity index (χ2n) is 6.01. The minimum absolute atomic E-state index is 0.0258. The number of carbonyl (C=O) groups excluding carboxylic acids is 1. The molecule has 144 valence electrons. The number of hydrogen-bond acceptors (Lipinski definition) is 6. The average molecular weight is 393 g/mol. The molecule has 2 aromatic rings. The molecule has 1 aromatic heterocycles. The van der Waals surface area contributed by atoms with E-state index in [9.17, 15) is 23.3 Å². The molecule has 1 aliphatic rings. The van der Waals surface area contributed by atoms with E-state index in [4.69, 9.17) is 0 Å². The first kappa shape index (κ1) is 19.0. The molecule has 1 aliphatic heterocycles. The molecule has 27 heavy (non-hydrogen) atoms. The molecule has 0 unspecified atom stereocenters. The van der Waals surface area contributed by atoms with Gasteiger partial charge in [-0.25, -0.2) is 13.1 Å². The van der Waals surface area contributed by atoms with Gasteiger partial charge in [-0.3, -0.25) is 14.9 Å². The maximum absolute atomic E-state index is 12.6. The molecule has 0 aliphatic carbocycles. The Kier molecular flexibility index (Phi) is 5.24. The minimum Gasteiger partial charge on any atom is -0.335 e.